The molecule has 2 N–H and O–H groups in total. The topological polar surface area (TPSA) is 75.6 Å². The zero-order valence-electron chi connectivity index (χ0n) is 12.2. The maximum Gasteiger partial charge on any atom is 0.335 e. The SMILES string of the molecule is Cc1ccc(OCCC(=O)Nc2cccc(C(=O)O)c2)cc1. The van der Waals surface area contributed by atoms with E-state index in [0.717, 1.165) is 5.56 Å². The van der Waals surface area contributed by atoms with Crippen molar-refractivity contribution in [3.63, 3.8) is 0 Å². The summed E-state index contributed by atoms with van der Waals surface area (Å²) in [6.07, 6.45) is 0.186. The molecular weight excluding hydrogens is 282 g/mol. The fourth-order valence-electron chi connectivity index (χ4n) is 1.85. The van der Waals surface area contributed by atoms with Crippen molar-refractivity contribution in [2.45, 2.75) is 13.3 Å². The number of rotatable bonds is 6. The van der Waals surface area contributed by atoms with Crippen molar-refractivity contribution in [3.8, 4) is 5.75 Å². The van der Waals surface area contributed by atoms with E-state index in [1.807, 2.05) is 31.2 Å². The van der Waals surface area contributed by atoms with Crippen LogP contribution in [0.2, 0.25) is 0 Å². The Morgan fingerprint density at radius 1 is 1.14 bits per heavy atom. The van der Waals surface area contributed by atoms with Gasteiger partial charge in [-0.1, -0.05) is 23.8 Å². The highest BCUT2D eigenvalue weighted by atomic mass is 16.5. The molecule has 2 rings (SSSR count). The fourth-order valence-corrected chi connectivity index (χ4v) is 1.85. The van der Waals surface area contributed by atoms with Gasteiger partial charge in [0.2, 0.25) is 5.91 Å². The molecule has 0 heterocycles. The Morgan fingerprint density at radius 2 is 1.86 bits per heavy atom. The first-order valence-electron chi connectivity index (χ1n) is 6.87. The predicted octanol–water partition coefficient (Wildman–Crippen LogP) is 3.10. The lowest BCUT2D eigenvalue weighted by atomic mass is 10.2. The second kappa shape index (κ2) is 7.26. The number of amides is 1. The van der Waals surface area contributed by atoms with Crippen LogP contribution in [-0.2, 0) is 4.79 Å². The first-order chi connectivity index (χ1) is 10.5. The van der Waals surface area contributed by atoms with Crippen molar-refractivity contribution in [2.75, 3.05) is 11.9 Å². The molecule has 0 atom stereocenters. The van der Waals surface area contributed by atoms with Crippen LogP contribution >= 0.6 is 0 Å². The predicted molar refractivity (Wildman–Crippen MR) is 83.3 cm³/mol. The van der Waals surface area contributed by atoms with E-state index in [4.69, 9.17) is 9.84 Å². The highest BCUT2D eigenvalue weighted by Crippen LogP contribution is 2.13. The lowest BCUT2D eigenvalue weighted by Crippen LogP contribution is -2.15. The molecule has 5 nitrogen and oxygen atoms in total. The van der Waals surface area contributed by atoms with Crippen LogP contribution in [0.5, 0.6) is 5.75 Å². The van der Waals surface area contributed by atoms with Crippen molar-refractivity contribution < 1.29 is 19.4 Å². The van der Waals surface area contributed by atoms with E-state index in [1.54, 1.807) is 12.1 Å². The van der Waals surface area contributed by atoms with E-state index >= 15 is 0 Å². The minimum Gasteiger partial charge on any atom is -0.493 e. The van der Waals surface area contributed by atoms with Gasteiger partial charge in [-0.15, -0.1) is 0 Å². The molecule has 0 fully saturated rings. The van der Waals surface area contributed by atoms with Crippen LogP contribution in [0.15, 0.2) is 48.5 Å². The fraction of sp³-hybridized carbons (Fsp3) is 0.176. The molecule has 114 valence electrons. The summed E-state index contributed by atoms with van der Waals surface area (Å²) in [6.45, 7) is 2.25. The van der Waals surface area contributed by atoms with Gasteiger partial charge in [-0.25, -0.2) is 4.79 Å². The maximum absolute atomic E-state index is 11.8. The normalized spacial score (nSPS) is 10.0. The number of carbonyl (C=O) groups excluding carboxylic acids is 1. The molecule has 0 saturated heterocycles. The Morgan fingerprint density at radius 3 is 2.55 bits per heavy atom. The molecule has 2 aromatic rings. The molecule has 2 aromatic carbocycles. The van der Waals surface area contributed by atoms with Gasteiger partial charge in [-0.05, 0) is 37.3 Å². The third kappa shape index (κ3) is 4.63. The third-order valence-electron chi connectivity index (χ3n) is 3.01. The van der Waals surface area contributed by atoms with Gasteiger partial charge >= 0.3 is 5.97 Å². The van der Waals surface area contributed by atoms with Crippen LogP contribution in [0, 0.1) is 6.92 Å². The van der Waals surface area contributed by atoms with Crippen LogP contribution in [0.4, 0.5) is 5.69 Å². The summed E-state index contributed by atoms with van der Waals surface area (Å²) >= 11 is 0. The first-order valence-corrected chi connectivity index (χ1v) is 6.87. The number of carbonyl (C=O) groups is 2. The van der Waals surface area contributed by atoms with Crippen molar-refractivity contribution in [2.24, 2.45) is 0 Å². The van der Waals surface area contributed by atoms with E-state index in [1.165, 1.54) is 12.1 Å². The maximum atomic E-state index is 11.8. The average molecular weight is 299 g/mol. The smallest absolute Gasteiger partial charge is 0.335 e. The molecular formula is C17H17NO4. The number of hydrogen-bond donors (Lipinski definition) is 2. The summed E-state index contributed by atoms with van der Waals surface area (Å²) in [6, 6.07) is 13.7. The number of aromatic carboxylic acids is 1. The molecule has 1 amide bonds. The molecule has 22 heavy (non-hydrogen) atoms. The molecule has 0 aliphatic rings. The average Bonchev–Trinajstić information content (AvgIpc) is 2.49. The van der Waals surface area contributed by atoms with E-state index in [-0.39, 0.29) is 24.5 Å². The van der Waals surface area contributed by atoms with Crippen molar-refractivity contribution in [1.29, 1.82) is 0 Å². The summed E-state index contributed by atoms with van der Waals surface area (Å²) < 4.78 is 5.48. The van der Waals surface area contributed by atoms with E-state index < -0.39 is 5.97 Å². The molecule has 0 aliphatic carbocycles. The Bertz CT molecular complexity index is 665. The quantitative estimate of drug-likeness (QED) is 0.859. The Balaban J connectivity index is 1.81. The zero-order valence-corrected chi connectivity index (χ0v) is 12.2. The summed E-state index contributed by atoms with van der Waals surface area (Å²) in [5.74, 6) is -0.542. The summed E-state index contributed by atoms with van der Waals surface area (Å²) in [5.41, 5.74) is 1.73. The molecule has 0 unspecified atom stereocenters. The molecule has 0 aliphatic heterocycles. The van der Waals surface area contributed by atoms with Gasteiger partial charge in [-0.2, -0.15) is 0 Å². The standard InChI is InChI=1S/C17H17NO4/c1-12-5-7-15(8-6-12)22-10-9-16(19)18-14-4-2-3-13(11-14)17(20)21/h2-8,11H,9-10H2,1H3,(H,18,19)(H,20,21). The second-order valence-electron chi connectivity index (χ2n) is 4.85. The number of carboxylic acid groups (broad SMARTS) is 1. The lowest BCUT2D eigenvalue weighted by Gasteiger charge is -2.08. The first kappa shape index (κ1) is 15.6. The third-order valence-corrected chi connectivity index (χ3v) is 3.01. The van der Waals surface area contributed by atoms with Gasteiger partial charge < -0.3 is 15.2 Å². The van der Waals surface area contributed by atoms with Crippen molar-refractivity contribution in [3.05, 3.63) is 59.7 Å². The van der Waals surface area contributed by atoms with Crippen molar-refractivity contribution >= 4 is 17.6 Å². The minimum absolute atomic E-state index is 0.133. The van der Waals surface area contributed by atoms with Crippen LogP contribution in [-0.4, -0.2) is 23.6 Å². The Labute approximate surface area is 128 Å². The number of aryl methyl sites for hydroxylation is 1. The molecule has 0 radical (unpaired) electrons. The number of anilines is 1. The van der Waals surface area contributed by atoms with Gasteiger partial charge in [0.25, 0.3) is 0 Å². The van der Waals surface area contributed by atoms with Crippen molar-refractivity contribution in [1.82, 2.24) is 0 Å². The van der Waals surface area contributed by atoms with Gasteiger partial charge in [0.15, 0.2) is 0 Å². The number of hydrogen-bond acceptors (Lipinski definition) is 3. The number of benzene rings is 2. The molecule has 0 spiro atoms. The summed E-state index contributed by atoms with van der Waals surface area (Å²) in [5, 5.41) is 11.5. The van der Waals surface area contributed by atoms with Gasteiger partial charge in [-0.3, -0.25) is 4.79 Å². The second-order valence-corrected chi connectivity index (χ2v) is 4.85. The largest absolute Gasteiger partial charge is 0.493 e. The van der Waals surface area contributed by atoms with Crippen LogP contribution < -0.4 is 10.1 Å². The summed E-state index contributed by atoms with van der Waals surface area (Å²) in [7, 11) is 0. The molecule has 0 saturated carbocycles. The van der Waals surface area contributed by atoms with Crippen LogP contribution in [0.1, 0.15) is 22.3 Å². The molecule has 5 heteroatoms. The molecule has 0 bridgehead atoms. The van der Waals surface area contributed by atoms with Gasteiger partial charge in [0, 0.05) is 5.69 Å². The number of carboxylic acids is 1. The number of ether oxygens (including phenoxy) is 1. The zero-order chi connectivity index (χ0) is 15.9. The minimum atomic E-state index is -1.03. The highest BCUT2D eigenvalue weighted by molar-refractivity contribution is 5.93. The monoisotopic (exact) mass is 299 g/mol. The van der Waals surface area contributed by atoms with Crippen LogP contribution in [0.3, 0.4) is 0 Å². The van der Waals surface area contributed by atoms with Crippen LogP contribution in [0.25, 0.3) is 0 Å². The lowest BCUT2D eigenvalue weighted by molar-refractivity contribution is -0.116. The van der Waals surface area contributed by atoms with Gasteiger partial charge in [0.05, 0.1) is 18.6 Å². The Kier molecular flexibility index (Phi) is 5.14. The highest BCUT2D eigenvalue weighted by Gasteiger charge is 2.06. The Hall–Kier alpha value is -2.82. The van der Waals surface area contributed by atoms with E-state index in [0.29, 0.717) is 11.4 Å². The number of nitrogens with one attached hydrogen (secondary N) is 1. The molecule has 0 aromatic heterocycles. The summed E-state index contributed by atoms with van der Waals surface area (Å²) in [4.78, 5) is 22.7. The van der Waals surface area contributed by atoms with E-state index in [2.05, 4.69) is 5.32 Å². The van der Waals surface area contributed by atoms with Gasteiger partial charge in [0.1, 0.15) is 5.75 Å². The van der Waals surface area contributed by atoms with E-state index in [9.17, 15) is 9.59 Å².